The highest BCUT2D eigenvalue weighted by Crippen LogP contribution is 2.31. The predicted octanol–water partition coefficient (Wildman–Crippen LogP) is 5.33. The molecule has 1 atom stereocenters. The largest absolute Gasteiger partial charge is 0.489 e. The van der Waals surface area contributed by atoms with Crippen LogP contribution in [0.25, 0.3) is 6.08 Å². The molecule has 0 spiro atoms. The Hall–Kier alpha value is -4.54. The number of ether oxygens (including phenoxy) is 2. The van der Waals surface area contributed by atoms with Gasteiger partial charge in [-0.1, -0.05) is 47.2 Å². The minimum Gasteiger partial charge on any atom is -0.489 e. The summed E-state index contributed by atoms with van der Waals surface area (Å²) in [5.74, 6) is 0.0865. The molecule has 11 heteroatoms. The van der Waals surface area contributed by atoms with Crippen molar-refractivity contribution in [3.05, 3.63) is 136 Å². The quantitative estimate of drug-likeness (QED) is 0.153. The number of rotatable bonds is 8. The first-order chi connectivity index (χ1) is 20.1. The molecule has 0 aliphatic carbocycles. The summed E-state index contributed by atoms with van der Waals surface area (Å²) in [6, 6.07) is 19.7. The van der Waals surface area contributed by atoms with Crippen LogP contribution in [0, 0.1) is 10.1 Å². The van der Waals surface area contributed by atoms with Crippen molar-refractivity contribution in [3.8, 4) is 5.75 Å². The Morgan fingerprint density at radius 1 is 1.10 bits per heavy atom. The number of benzene rings is 3. The molecule has 0 bridgehead atoms. The minimum absolute atomic E-state index is 0.0229. The molecule has 0 radical (unpaired) electrons. The molecule has 1 unspecified atom stereocenters. The van der Waals surface area contributed by atoms with Gasteiger partial charge < -0.3 is 9.47 Å². The number of non-ortho nitro benzene ring substituents is 1. The van der Waals surface area contributed by atoms with E-state index in [0.29, 0.717) is 36.9 Å². The van der Waals surface area contributed by atoms with Crippen molar-refractivity contribution in [2.45, 2.75) is 39.5 Å². The van der Waals surface area contributed by atoms with Crippen molar-refractivity contribution in [1.82, 2.24) is 4.57 Å². The van der Waals surface area contributed by atoms with Crippen LogP contribution in [0.2, 0.25) is 5.02 Å². The van der Waals surface area contributed by atoms with Gasteiger partial charge in [0.15, 0.2) is 4.80 Å². The molecule has 1 aliphatic heterocycles. The second kappa shape index (κ2) is 12.1. The maximum Gasteiger partial charge on any atom is 0.338 e. The van der Waals surface area contributed by atoms with Gasteiger partial charge in [-0.15, -0.1) is 0 Å². The van der Waals surface area contributed by atoms with Crippen LogP contribution in [0.5, 0.6) is 5.75 Å². The Kier molecular flexibility index (Phi) is 8.37. The van der Waals surface area contributed by atoms with E-state index in [1.807, 2.05) is 12.1 Å². The Morgan fingerprint density at radius 3 is 2.38 bits per heavy atom. The third-order valence-electron chi connectivity index (χ3n) is 6.50. The molecule has 9 nitrogen and oxygen atoms in total. The topological polar surface area (TPSA) is 113 Å². The maximum atomic E-state index is 13.8. The van der Waals surface area contributed by atoms with Crippen LogP contribution in [-0.4, -0.2) is 21.6 Å². The summed E-state index contributed by atoms with van der Waals surface area (Å²) in [7, 11) is 0. The lowest BCUT2D eigenvalue weighted by Gasteiger charge is -2.25. The molecule has 5 rings (SSSR count). The van der Waals surface area contributed by atoms with E-state index in [1.54, 1.807) is 75.4 Å². The van der Waals surface area contributed by atoms with Crippen LogP contribution in [0.1, 0.15) is 43.5 Å². The van der Waals surface area contributed by atoms with Gasteiger partial charge in [0.1, 0.15) is 12.4 Å². The first-order valence-electron chi connectivity index (χ1n) is 13.1. The van der Waals surface area contributed by atoms with Crippen LogP contribution in [0.15, 0.2) is 93.9 Å². The average Bonchev–Trinajstić information content (AvgIpc) is 3.26. The smallest absolute Gasteiger partial charge is 0.338 e. The van der Waals surface area contributed by atoms with Crippen LogP contribution >= 0.6 is 22.9 Å². The van der Waals surface area contributed by atoms with Crippen LogP contribution in [-0.2, 0) is 16.1 Å². The third-order valence-corrected chi connectivity index (χ3v) is 7.74. The van der Waals surface area contributed by atoms with E-state index in [-0.39, 0.29) is 24.0 Å². The average molecular weight is 604 g/mol. The van der Waals surface area contributed by atoms with Crippen LogP contribution in [0.3, 0.4) is 0 Å². The molecule has 2 heterocycles. The summed E-state index contributed by atoms with van der Waals surface area (Å²) in [5.41, 5.74) is 2.83. The minimum atomic E-state index is -0.720. The number of thiazole rings is 1. The second-order valence-electron chi connectivity index (χ2n) is 9.87. The van der Waals surface area contributed by atoms with Gasteiger partial charge in [-0.25, -0.2) is 9.79 Å². The molecule has 3 aromatic carbocycles. The molecule has 0 saturated carbocycles. The van der Waals surface area contributed by atoms with Gasteiger partial charge in [-0.3, -0.25) is 19.5 Å². The molecule has 214 valence electrons. The van der Waals surface area contributed by atoms with E-state index in [2.05, 4.69) is 4.99 Å². The highest BCUT2D eigenvalue weighted by molar-refractivity contribution is 7.07. The highest BCUT2D eigenvalue weighted by Gasteiger charge is 2.33. The first kappa shape index (κ1) is 29.0. The summed E-state index contributed by atoms with van der Waals surface area (Å²) in [6.07, 6.45) is 1.43. The number of hydrogen-bond donors (Lipinski definition) is 0. The zero-order valence-corrected chi connectivity index (χ0v) is 24.5. The fourth-order valence-corrected chi connectivity index (χ4v) is 5.69. The Labute approximate surface area is 249 Å². The number of hydrogen-bond acceptors (Lipinski definition) is 8. The number of esters is 1. The monoisotopic (exact) mass is 603 g/mol. The van der Waals surface area contributed by atoms with Gasteiger partial charge in [0, 0.05) is 17.2 Å². The van der Waals surface area contributed by atoms with Crippen molar-refractivity contribution in [3.63, 3.8) is 0 Å². The number of halogens is 1. The van der Waals surface area contributed by atoms with E-state index < -0.39 is 16.9 Å². The number of aromatic nitrogens is 1. The molecule has 0 fully saturated rings. The molecule has 42 heavy (non-hydrogen) atoms. The fraction of sp³-hybridized carbons (Fsp3) is 0.194. The second-order valence-corrected chi connectivity index (χ2v) is 11.3. The van der Waals surface area contributed by atoms with E-state index in [1.165, 1.54) is 28.0 Å². The van der Waals surface area contributed by atoms with Gasteiger partial charge in [-0.2, -0.15) is 0 Å². The van der Waals surface area contributed by atoms with Gasteiger partial charge >= 0.3 is 5.97 Å². The Morgan fingerprint density at radius 2 is 1.76 bits per heavy atom. The summed E-state index contributed by atoms with van der Waals surface area (Å²) >= 11 is 7.37. The molecule has 1 aromatic heterocycles. The Balaban J connectivity index is 1.45. The van der Waals surface area contributed by atoms with Crippen molar-refractivity contribution < 1.29 is 19.2 Å². The van der Waals surface area contributed by atoms with Gasteiger partial charge in [0.25, 0.3) is 11.2 Å². The summed E-state index contributed by atoms with van der Waals surface area (Å²) < 4.78 is 13.3. The van der Waals surface area contributed by atoms with Crippen LogP contribution in [0.4, 0.5) is 5.69 Å². The number of nitro benzene ring substituents is 1. The SMILES string of the molecule is CC1=C(C(=O)OC(C)C)C(c2ccc(Cl)cc2)n2c(sc(=Cc3ccc(OCc4ccc([N+](=O)[O-])cc4)cc3)c2=O)=N1. The Bertz CT molecular complexity index is 1860. The normalized spacial score (nSPS) is 14.9. The number of nitrogens with zero attached hydrogens (tertiary/aromatic N) is 3. The number of allylic oxidation sites excluding steroid dienone is 1. The molecule has 4 aromatic rings. The fourth-order valence-electron chi connectivity index (χ4n) is 4.51. The lowest BCUT2D eigenvalue weighted by atomic mass is 9.96. The number of fused-ring (bicyclic) bond motifs is 1. The summed E-state index contributed by atoms with van der Waals surface area (Å²) in [4.78, 5) is 42.4. The molecule has 1 aliphatic rings. The lowest BCUT2D eigenvalue weighted by molar-refractivity contribution is -0.384. The number of nitro groups is 1. The summed E-state index contributed by atoms with van der Waals surface area (Å²) in [5, 5.41) is 11.4. The molecule has 0 amide bonds. The van der Waals surface area contributed by atoms with Crippen molar-refractivity contribution >= 4 is 40.7 Å². The van der Waals surface area contributed by atoms with Gasteiger partial charge in [-0.05, 0) is 79.9 Å². The number of carbonyl (C=O) groups excluding carboxylic acids is 1. The lowest BCUT2D eigenvalue weighted by Crippen LogP contribution is -2.40. The maximum absolute atomic E-state index is 13.8. The molecule has 0 N–H and O–H groups in total. The van der Waals surface area contributed by atoms with Gasteiger partial charge in [0.2, 0.25) is 0 Å². The van der Waals surface area contributed by atoms with E-state index in [9.17, 15) is 19.7 Å². The molecular weight excluding hydrogens is 578 g/mol. The zero-order chi connectivity index (χ0) is 30.0. The van der Waals surface area contributed by atoms with E-state index in [4.69, 9.17) is 21.1 Å². The zero-order valence-electron chi connectivity index (χ0n) is 22.9. The van der Waals surface area contributed by atoms with Crippen molar-refractivity contribution in [1.29, 1.82) is 0 Å². The summed E-state index contributed by atoms with van der Waals surface area (Å²) in [6.45, 7) is 5.53. The van der Waals surface area contributed by atoms with E-state index in [0.717, 1.165) is 11.1 Å². The molecule has 0 saturated heterocycles. The third kappa shape index (κ3) is 6.19. The van der Waals surface area contributed by atoms with Crippen molar-refractivity contribution in [2.24, 2.45) is 4.99 Å². The van der Waals surface area contributed by atoms with Crippen molar-refractivity contribution in [2.75, 3.05) is 0 Å². The van der Waals surface area contributed by atoms with E-state index >= 15 is 0 Å². The van der Waals surface area contributed by atoms with Gasteiger partial charge in [0.05, 0.1) is 32.9 Å². The highest BCUT2D eigenvalue weighted by atomic mass is 35.5. The predicted molar refractivity (Wildman–Crippen MR) is 160 cm³/mol. The number of carbonyl (C=O) groups is 1. The van der Waals surface area contributed by atoms with Crippen LogP contribution < -0.4 is 19.6 Å². The molecular formula is C31H26ClN3O6S. The first-order valence-corrected chi connectivity index (χ1v) is 14.3. The standard InChI is InChI=1S/C31H26ClN3O6S/c1-18(2)41-30(37)27-19(3)33-31-34(28(27)22-8-10-23(32)11-9-22)29(36)26(42-31)16-20-6-14-25(15-7-20)40-17-21-4-12-24(13-5-21)35(38)39/h4-16,18,28H,17H2,1-3H3.